The molecule has 0 radical (unpaired) electrons. The maximum absolute atomic E-state index is 2.22. The molecule has 0 amide bonds. The van der Waals surface area contributed by atoms with Crippen LogP contribution in [-0.4, -0.2) is 21.2 Å². The summed E-state index contributed by atoms with van der Waals surface area (Å²) in [5, 5.41) is 0. The molecule has 0 saturated carbocycles. The van der Waals surface area contributed by atoms with Crippen molar-refractivity contribution in [1.29, 1.82) is 0 Å². The van der Waals surface area contributed by atoms with Crippen molar-refractivity contribution in [3.05, 3.63) is 0 Å². The second-order valence-electron chi connectivity index (χ2n) is 1.56. The van der Waals surface area contributed by atoms with Gasteiger partial charge in [-0.1, -0.05) is 6.92 Å². The first-order chi connectivity index (χ1) is 3.88. The number of thioether (sulfide) groups is 3. The molecule has 0 spiro atoms. The van der Waals surface area contributed by atoms with E-state index in [0.717, 1.165) is 9.16 Å². The van der Waals surface area contributed by atoms with Gasteiger partial charge in [-0.25, -0.2) is 0 Å². The van der Waals surface area contributed by atoms with Gasteiger partial charge < -0.3 is 0 Å². The fourth-order valence-corrected chi connectivity index (χ4v) is 4.65. The molecule has 0 aromatic rings. The van der Waals surface area contributed by atoms with Gasteiger partial charge in [-0.05, 0) is 12.0 Å². The van der Waals surface area contributed by atoms with Gasteiger partial charge >= 0.3 is 0 Å². The Bertz CT molecular complexity index is 74.1. The van der Waals surface area contributed by atoms with Crippen LogP contribution in [0.15, 0.2) is 0 Å². The molecule has 0 aliphatic carbocycles. The van der Waals surface area contributed by atoms with Crippen molar-refractivity contribution < 1.29 is 0 Å². The first-order valence-corrected chi connectivity index (χ1v) is 5.96. The Kier molecular flexibility index (Phi) is 2.93. The van der Waals surface area contributed by atoms with Crippen LogP contribution < -0.4 is 0 Å². The average Bonchev–Trinajstić information content (AvgIpc) is 2.48. The molecule has 0 bridgehead atoms. The van der Waals surface area contributed by atoms with E-state index in [0.29, 0.717) is 0 Å². The Labute approximate surface area is 63.6 Å². The molecule has 2 unspecified atom stereocenters. The molecule has 1 saturated heterocycles. The van der Waals surface area contributed by atoms with Crippen molar-refractivity contribution in [3.8, 4) is 0 Å². The van der Waals surface area contributed by atoms with Crippen LogP contribution in [0.5, 0.6) is 0 Å². The van der Waals surface area contributed by atoms with E-state index >= 15 is 0 Å². The van der Waals surface area contributed by atoms with Crippen LogP contribution in [-0.2, 0) is 0 Å². The molecule has 0 aromatic carbocycles. The highest BCUT2D eigenvalue weighted by atomic mass is 32.2. The quantitative estimate of drug-likeness (QED) is 0.591. The average molecular weight is 166 g/mol. The van der Waals surface area contributed by atoms with Gasteiger partial charge in [-0.2, -0.15) is 0 Å². The molecule has 2 atom stereocenters. The molecule has 0 aromatic heterocycles. The molecule has 1 heterocycles. The summed E-state index contributed by atoms with van der Waals surface area (Å²) >= 11 is 6.14. The summed E-state index contributed by atoms with van der Waals surface area (Å²) in [6.07, 6.45) is 2.19. The zero-order valence-electron chi connectivity index (χ0n) is 5.09. The van der Waals surface area contributed by atoms with Gasteiger partial charge in [0.25, 0.3) is 0 Å². The lowest BCUT2D eigenvalue weighted by Crippen LogP contribution is -1.81. The Balaban J connectivity index is 1.99. The van der Waals surface area contributed by atoms with Crippen molar-refractivity contribution in [3.63, 3.8) is 0 Å². The molecule has 1 rings (SSSR count). The third-order valence-corrected chi connectivity index (χ3v) is 5.58. The first kappa shape index (κ1) is 7.16. The van der Waals surface area contributed by atoms with Gasteiger partial charge in [0, 0.05) is 0 Å². The van der Waals surface area contributed by atoms with Crippen LogP contribution in [0.3, 0.4) is 0 Å². The highest BCUT2D eigenvalue weighted by Crippen LogP contribution is 2.53. The van der Waals surface area contributed by atoms with Crippen LogP contribution in [0.1, 0.15) is 6.92 Å². The molecule has 8 heavy (non-hydrogen) atoms. The van der Waals surface area contributed by atoms with Crippen LogP contribution in [0.2, 0.25) is 0 Å². The van der Waals surface area contributed by atoms with Crippen molar-refractivity contribution in [2.75, 3.05) is 12.0 Å². The Morgan fingerprint density at radius 2 is 2.25 bits per heavy atom. The molecule has 1 aliphatic rings. The topological polar surface area (TPSA) is 0 Å². The van der Waals surface area contributed by atoms with Gasteiger partial charge in [0.1, 0.15) is 0 Å². The van der Waals surface area contributed by atoms with E-state index in [1.54, 1.807) is 0 Å². The zero-order chi connectivity index (χ0) is 5.98. The van der Waals surface area contributed by atoms with Crippen LogP contribution in [0, 0.1) is 0 Å². The highest BCUT2D eigenvalue weighted by molar-refractivity contribution is 8.32. The minimum Gasteiger partial charge on any atom is -0.149 e. The second-order valence-corrected chi connectivity index (χ2v) is 5.85. The fraction of sp³-hybridized carbons (Fsp3) is 1.00. The predicted molar refractivity (Wildman–Crippen MR) is 46.8 cm³/mol. The Hall–Kier alpha value is 1.05. The lowest BCUT2D eigenvalue weighted by atomic mass is 10.9. The van der Waals surface area contributed by atoms with E-state index in [1.807, 2.05) is 11.8 Å². The lowest BCUT2D eigenvalue weighted by molar-refractivity contribution is 1.47. The Morgan fingerprint density at radius 1 is 1.50 bits per heavy atom. The van der Waals surface area contributed by atoms with Gasteiger partial charge in [0.15, 0.2) is 0 Å². The summed E-state index contributed by atoms with van der Waals surface area (Å²) in [6.45, 7) is 2.22. The fourth-order valence-electron chi connectivity index (χ4n) is 0.536. The summed E-state index contributed by atoms with van der Waals surface area (Å²) in [5.74, 6) is 1.27. The van der Waals surface area contributed by atoms with E-state index in [-0.39, 0.29) is 0 Å². The van der Waals surface area contributed by atoms with Crippen LogP contribution in [0.4, 0.5) is 0 Å². The Morgan fingerprint density at radius 3 is 2.62 bits per heavy atom. The predicted octanol–water partition coefficient (Wildman–Crippen LogP) is 2.50. The molecule has 3 heteroatoms. The third-order valence-electron chi connectivity index (χ3n) is 0.977. The van der Waals surface area contributed by atoms with Crippen molar-refractivity contribution in [2.45, 2.75) is 16.1 Å². The standard InChI is InChI=1S/C5H10S3/c1-3-7-5-4(6-2)8-5/h4-5H,3H2,1-2H3. The second kappa shape index (κ2) is 3.28. The summed E-state index contributed by atoms with van der Waals surface area (Å²) in [4.78, 5) is 0. The van der Waals surface area contributed by atoms with E-state index in [4.69, 9.17) is 0 Å². The van der Waals surface area contributed by atoms with E-state index < -0.39 is 0 Å². The maximum atomic E-state index is 2.22. The van der Waals surface area contributed by atoms with Gasteiger partial charge in [-0.15, -0.1) is 35.3 Å². The molecular weight excluding hydrogens is 156 g/mol. The third kappa shape index (κ3) is 1.78. The number of hydrogen-bond acceptors (Lipinski definition) is 3. The summed E-state index contributed by atoms with van der Waals surface area (Å²) in [5.41, 5.74) is 0. The monoisotopic (exact) mass is 166 g/mol. The minimum atomic E-state index is 0.917. The SMILES string of the molecule is CCSC1SC1SC. The molecular formula is C5H10S3. The van der Waals surface area contributed by atoms with Crippen molar-refractivity contribution in [1.82, 2.24) is 0 Å². The summed E-state index contributed by atoms with van der Waals surface area (Å²) in [6, 6.07) is 0. The normalized spacial score (nSPS) is 35.2. The number of hydrogen-bond donors (Lipinski definition) is 0. The first-order valence-electron chi connectivity index (χ1n) is 2.68. The lowest BCUT2D eigenvalue weighted by Gasteiger charge is -1.87. The number of rotatable bonds is 3. The van der Waals surface area contributed by atoms with Gasteiger partial charge in [0.2, 0.25) is 0 Å². The largest absolute Gasteiger partial charge is 0.149 e. The van der Waals surface area contributed by atoms with Crippen LogP contribution >= 0.6 is 35.3 Å². The highest BCUT2D eigenvalue weighted by Gasteiger charge is 2.37. The van der Waals surface area contributed by atoms with Crippen LogP contribution in [0.25, 0.3) is 0 Å². The van der Waals surface area contributed by atoms with E-state index in [2.05, 4.69) is 36.7 Å². The van der Waals surface area contributed by atoms with E-state index in [9.17, 15) is 0 Å². The van der Waals surface area contributed by atoms with Gasteiger partial charge in [-0.3, -0.25) is 0 Å². The maximum Gasteiger partial charge on any atom is 0.0724 e. The molecule has 0 nitrogen and oxygen atoms in total. The summed E-state index contributed by atoms with van der Waals surface area (Å²) < 4.78 is 1.84. The smallest absolute Gasteiger partial charge is 0.0724 e. The molecule has 1 fully saturated rings. The van der Waals surface area contributed by atoms with Gasteiger partial charge in [0.05, 0.1) is 9.16 Å². The van der Waals surface area contributed by atoms with Crippen molar-refractivity contribution >= 4 is 35.3 Å². The summed E-state index contributed by atoms with van der Waals surface area (Å²) in [7, 11) is 0. The molecule has 1 aliphatic heterocycles. The van der Waals surface area contributed by atoms with Crippen molar-refractivity contribution in [2.24, 2.45) is 0 Å². The zero-order valence-corrected chi connectivity index (χ0v) is 7.54. The minimum absolute atomic E-state index is 0.917. The molecule has 48 valence electrons. The molecule has 0 N–H and O–H groups in total. The van der Waals surface area contributed by atoms with E-state index in [1.165, 1.54) is 5.75 Å².